The molecule has 1 unspecified atom stereocenters. The van der Waals surface area contributed by atoms with Crippen LogP contribution in [0.15, 0.2) is 109 Å². The second kappa shape index (κ2) is 69.6. The maximum atomic E-state index is 12.9. The first-order valence-corrected chi connectivity index (χ1v) is 34.9. The molecule has 0 rings (SSSR count). The summed E-state index contributed by atoms with van der Waals surface area (Å²) in [6, 6.07) is 0. The van der Waals surface area contributed by atoms with Crippen LogP contribution in [0.1, 0.15) is 335 Å². The van der Waals surface area contributed by atoms with Gasteiger partial charge in [-0.2, -0.15) is 0 Å². The molecule has 0 aliphatic rings. The van der Waals surface area contributed by atoms with Crippen LogP contribution in [0, 0.1) is 0 Å². The van der Waals surface area contributed by atoms with Crippen molar-refractivity contribution < 1.29 is 28.6 Å². The van der Waals surface area contributed by atoms with Crippen molar-refractivity contribution in [2.24, 2.45) is 0 Å². The second-order valence-corrected chi connectivity index (χ2v) is 23.1. The monoisotopic (exact) mass is 1140 g/mol. The molecule has 0 N–H and O–H groups in total. The van der Waals surface area contributed by atoms with E-state index in [-0.39, 0.29) is 31.1 Å². The van der Waals surface area contributed by atoms with Gasteiger partial charge < -0.3 is 14.2 Å². The summed E-state index contributed by atoms with van der Waals surface area (Å²) in [5.74, 6) is -0.890. The van der Waals surface area contributed by atoms with Gasteiger partial charge in [0.2, 0.25) is 0 Å². The van der Waals surface area contributed by atoms with E-state index in [0.717, 1.165) is 116 Å². The molecule has 0 spiro atoms. The number of hydrogen-bond donors (Lipinski definition) is 0. The molecule has 1 atom stereocenters. The predicted molar refractivity (Wildman–Crippen MR) is 357 cm³/mol. The average molecular weight is 1140 g/mol. The molecule has 0 aromatic heterocycles. The van der Waals surface area contributed by atoms with E-state index in [9.17, 15) is 14.4 Å². The highest BCUT2D eigenvalue weighted by atomic mass is 16.6. The quantitative estimate of drug-likeness (QED) is 0.0261. The Morgan fingerprint density at radius 3 is 0.744 bits per heavy atom. The van der Waals surface area contributed by atoms with E-state index in [4.69, 9.17) is 14.2 Å². The van der Waals surface area contributed by atoms with Crippen molar-refractivity contribution in [1.82, 2.24) is 0 Å². The summed E-state index contributed by atoms with van der Waals surface area (Å²) in [6.07, 6.45) is 95.8. The van der Waals surface area contributed by atoms with Crippen molar-refractivity contribution in [3.63, 3.8) is 0 Å². The fraction of sp³-hybridized carbons (Fsp3) is 0.724. The summed E-state index contributed by atoms with van der Waals surface area (Å²) in [7, 11) is 0. The number of allylic oxidation sites excluding steroid dienone is 18. The molecule has 6 heteroatoms. The number of unbranched alkanes of at least 4 members (excludes halogenated alkanes) is 34. The number of hydrogen-bond acceptors (Lipinski definition) is 6. The van der Waals surface area contributed by atoms with Gasteiger partial charge in [-0.1, -0.05) is 316 Å². The molecule has 0 amide bonds. The summed E-state index contributed by atoms with van der Waals surface area (Å²) < 4.78 is 16.8. The van der Waals surface area contributed by atoms with Gasteiger partial charge in [0.1, 0.15) is 13.2 Å². The Kier molecular flexibility index (Phi) is 66.2. The van der Waals surface area contributed by atoms with Gasteiger partial charge in [0.15, 0.2) is 6.10 Å². The maximum Gasteiger partial charge on any atom is 0.306 e. The summed E-state index contributed by atoms with van der Waals surface area (Å²) in [5, 5.41) is 0. The number of carbonyl (C=O) groups excluding carboxylic acids is 3. The van der Waals surface area contributed by atoms with Gasteiger partial charge in [-0.05, 0) is 109 Å². The molecular weight excluding hydrogens is 1010 g/mol. The Bertz CT molecular complexity index is 1640. The van der Waals surface area contributed by atoms with Crippen LogP contribution in [0.25, 0.3) is 0 Å². The normalized spacial score (nSPS) is 12.8. The van der Waals surface area contributed by atoms with Crippen LogP contribution >= 0.6 is 0 Å². The molecule has 0 saturated carbocycles. The van der Waals surface area contributed by atoms with E-state index in [0.29, 0.717) is 19.3 Å². The zero-order valence-electron chi connectivity index (χ0n) is 54.0. The van der Waals surface area contributed by atoms with Crippen molar-refractivity contribution in [2.45, 2.75) is 341 Å². The molecule has 0 aromatic rings. The molecule has 0 radical (unpaired) electrons. The molecule has 0 saturated heterocycles. The van der Waals surface area contributed by atoms with E-state index >= 15 is 0 Å². The van der Waals surface area contributed by atoms with Crippen molar-refractivity contribution in [2.75, 3.05) is 13.2 Å². The van der Waals surface area contributed by atoms with Crippen molar-refractivity contribution in [3.8, 4) is 0 Å². The molecule has 0 bridgehead atoms. The molecule has 82 heavy (non-hydrogen) atoms. The lowest BCUT2D eigenvalue weighted by Gasteiger charge is -2.18. The van der Waals surface area contributed by atoms with Gasteiger partial charge in [0.05, 0.1) is 0 Å². The Morgan fingerprint density at radius 1 is 0.256 bits per heavy atom. The first kappa shape index (κ1) is 78.1. The molecule has 0 aromatic carbocycles. The first-order valence-electron chi connectivity index (χ1n) is 34.9. The molecule has 0 aliphatic carbocycles. The van der Waals surface area contributed by atoms with Crippen LogP contribution in [-0.4, -0.2) is 37.2 Å². The summed E-state index contributed by atoms with van der Waals surface area (Å²) in [5.41, 5.74) is 0. The van der Waals surface area contributed by atoms with Gasteiger partial charge in [0, 0.05) is 19.3 Å². The summed E-state index contributed by atoms with van der Waals surface area (Å²) >= 11 is 0. The third kappa shape index (κ3) is 66.9. The molecule has 0 aliphatic heterocycles. The standard InChI is InChI=1S/C76H130O6/c1-4-7-10-13-16-18-20-22-24-26-28-30-32-34-36-38-40-42-44-46-48-50-52-54-56-58-60-63-66-69-75(78)81-72-73(71-80-74(77)68-65-62-15-12-9-6-3)82-76(79)70-67-64-61-59-57-55-53-51-49-47-45-43-41-39-37-35-33-31-29-27-25-23-21-19-17-14-11-8-5-2/h7,10,16,18,21-24,27-30,34,36,40,42,46,48,73H,4-6,8-9,11-15,17,19-20,25-26,31-33,35,37-39,41,43-45,47,49-72H2,1-3H3/b10-7-,18-16-,23-21-,24-22-,29-27-,30-28-,36-34-,42-40-,48-46-. The van der Waals surface area contributed by atoms with Crippen LogP contribution in [-0.2, 0) is 28.6 Å². The number of carbonyl (C=O) groups is 3. The number of ether oxygens (including phenoxy) is 3. The summed E-state index contributed by atoms with van der Waals surface area (Å²) in [6.45, 7) is 6.48. The third-order valence-electron chi connectivity index (χ3n) is 15.0. The van der Waals surface area contributed by atoms with E-state index in [1.54, 1.807) is 0 Å². The molecule has 470 valence electrons. The van der Waals surface area contributed by atoms with E-state index in [1.165, 1.54) is 180 Å². The van der Waals surface area contributed by atoms with Gasteiger partial charge in [-0.15, -0.1) is 0 Å². The van der Waals surface area contributed by atoms with Gasteiger partial charge in [-0.25, -0.2) is 0 Å². The first-order chi connectivity index (χ1) is 40.5. The Hall–Kier alpha value is -3.93. The minimum atomic E-state index is -0.781. The van der Waals surface area contributed by atoms with Crippen molar-refractivity contribution in [3.05, 3.63) is 109 Å². The number of esters is 3. The minimum Gasteiger partial charge on any atom is -0.462 e. The van der Waals surface area contributed by atoms with E-state index in [1.807, 2.05) is 0 Å². The van der Waals surface area contributed by atoms with E-state index < -0.39 is 6.10 Å². The number of rotatable bonds is 63. The topological polar surface area (TPSA) is 78.9 Å². The molecule has 6 nitrogen and oxygen atoms in total. The highest BCUT2D eigenvalue weighted by Crippen LogP contribution is 2.17. The highest BCUT2D eigenvalue weighted by molar-refractivity contribution is 5.71. The van der Waals surface area contributed by atoms with Gasteiger partial charge in [-0.3, -0.25) is 14.4 Å². The largest absolute Gasteiger partial charge is 0.462 e. The second-order valence-electron chi connectivity index (χ2n) is 23.1. The van der Waals surface area contributed by atoms with Crippen molar-refractivity contribution in [1.29, 1.82) is 0 Å². The fourth-order valence-electron chi connectivity index (χ4n) is 9.81. The SMILES string of the molecule is CC/C=C\C/C=C\C/C=C\C/C=C\C/C=C\C/C=C\C/C=C\CCCCCCCCCC(=O)OCC(COC(=O)CCCCCCCC)OC(=O)CCCCCCCCCCCCCCCCCCC/C=C\C/C=C\CCCCCCC. The smallest absolute Gasteiger partial charge is 0.306 e. The zero-order chi connectivity index (χ0) is 59.2. The highest BCUT2D eigenvalue weighted by Gasteiger charge is 2.19. The van der Waals surface area contributed by atoms with E-state index in [2.05, 4.69) is 130 Å². The van der Waals surface area contributed by atoms with Gasteiger partial charge >= 0.3 is 17.9 Å². The van der Waals surface area contributed by atoms with Gasteiger partial charge in [0.25, 0.3) is 0 Å². The molecular formula is C76H130O6. The Labute approximate surface area is 508 Å². The van der Waals surface area contributed by atoms with Crippen molar-refractivity contribution >= 4 is 17.9 Å². The lowest BCUT2D eigenvalue weighted by Crippen LogP contribution is -2.30. The van der Waals surface area contributed by atoms with Crippen LogP contribution in [0.5, 0.6) is 0 Å². The van der Waals surface area contributed by atoms with Crippen LogP contribution < -0.4 is 0 Å². The minimum absolute atomic E-state index is 0.0798. The third-order valence-corrected chi connectivity index (χ3v) is 15.0. The predicted octanol–water partition coefficient (Wildman–Crippen LogP) is 24.2. The Morgan fingerprint density at radius 2 is 0.476 bits per heavy atom. The summed E-state index contributed by atoms with van der Waals surface area (Å²) in [4.78, 5) is 38.1. The van der Waals surface area contributed by atoms with Crippen LogP contribution in [0.2, 0.25) is 0 Å². The maximum absolute atomic E-state index is 12.9. The average Bonchev–Trinajstić information content (AvgIpc) is 3.47. The fourth-order valence-corrected chi connectivity index (χ4v) is 9.81. The zero-order valence-corrected chi connectivity index (χ0v) is 54.0. The van der Waals surface area contributed by atoms with Crippen LogP contribution in [0.3, 0.4) is 0 Å². The lowest BCUT2D eigenvalue weighted by molar-refractivity contribution is -0.167. The Balaban J connectivity index is 4.07. The molecule has 0 heterocycles. The van der Waals surface area contributed by atoms with Crippen LogP contribution in [0.4, 0.5) is 0 Å². The lowest BCUT2D eigenvalue weighted by atomic mass is 10.0. The molecule has 0 fully saturated rings.